The first-order valence-electron chi connectivity index (χ1n) is 6.48. The Bertz CT molecular complexity index is 698. The van der Waals surface area contributed by atoms with E-state index in [1.54, 1.807) is 0 Å². The maximum Gasteiger partial charge on any atom is 0.339 e. The number of benzene rings is 1. The van der Waals surface area contributed by atoms with Crippen molar-refractivity contribution in [3.05, 3.63) is 39.8 Å². The van der Waals surface area contributed by atoms with Gasteiger partial charge in [0.15, 0.2) is 3.95 Å². The normalized spacial score (nSPS) is 10.0. The molecule has 1 heterocycles. The minimum atomic E-state index is -0.548. The molecule has 0 atom stereocenters. The minimum absolute atomic E-state index is 0.186. The topological polar surface area (TPSA) is 90.1 Å². The van der Waals surface area contributed by atoms with Crippen LogP contribution in [0, 0.1) is 3.95 Å². The lowest BCUT2D eigenvalue weighted by atomic mass is 10.1. The van der Waals surface area contributed by atoms with Gasteiger partial charge in [-0.3, -0.25) is 20.2 Å². The molecule has 1 aromatic carbocycles. The van der Waals surface area contributed by atoms with Crippen molar-refractivity contribution in [2.24, 2.45) is 0 Å². The zero-order valence-corrected chi connectivity index (χ0v) is 13.5. The molecule has 22 heavy (non-hydrogen) atoms. The number of rotatable bonds is 4. The Morgan fingerprint density at radius 3 is 2.73 bits per heavy atom. The summed E-state index contributed by atoms with van der Waals surface area (Å²) in [7, 11) is 1.50. The number of hydrogen-bond acceptors (Lipinski definition) is 5. The molecule has 1 aromatic heterocycles. The summed E-state index contributed by atoms with van der Waals surface area (Å²) in [4.78, 5) is 23.7. The van der Waals surface area contributed by atoms with Gasteiger partial charge in [-0.2, -0.15) is 0 Å². The number of H-pyrrole nitrogens is 1. The van der Waals surface area contributed by atoms with Crippen LogP contribution in [0.4, 0.5) is 9.93 Å². The number of aromatic amines is 1. The first-order chi connectivity index (χ1) is 10.5. The zero-order valence-electron chi connectivity index (χ0n) is 11.8. The predicted octanol–water partition coefficient (Wildman–Crippen LogP) is 2.33. The van der Waals surface area contributed by atoms with E-state index >= 15 is 0 Å². The lowest BCUT2D eigenvalue weighted by molar-refractivity contribution is -0.131. The van der Waals surface area contributed by atoms with Crippen LogP contribution in [0.3, 0.4) is 0 Å². The van der Waals surface area contributed by atoms with Gasteiger partial charge in [-0.05, 0) is 24.2 Å². The van der Waals surface area contributed by atoms with Gasteiger partial charge in [0.25, 0.3) is 0 Å². The molecule has 116 valence electrons. The zero-order chi connectivity index (χ0) is 15.9. The molecule has 0 fully saturated rings. The maximum atomic E-state index is 12.0. The Hall–Kier alpha value is -2.26. The number of nitrogens with zero attached hydrogens (tertiary/aromatic N) is 2. The van der Waals surface area contributed by atoms with Gasteiger partial charge in [-0.25, -0.2) is 10.2 Å². The van der Waals surface area contributed by atoms with Crippen LogP contribution in [0.2, 0.25) is 0 Å². The second-order valence-electron chi connectivity index (χ2n) is 4.42. The van der Waals surface area contributed by atoms with Crippen molar-refractivity contribution in [2.75, 3.05) is 12.4 Å². The molecule has 0 aliphatic rings. The second kappa shape index (κ2) is 7.66. The van der Waals surface area contributed by atoms with Gasteiger partial charge >= 0.3 is 6.03 Å². The Balaban J connectivity index is 1.78. The van der Waals surface area contributed by atoms with Gasteiger partial charge in [0.1, 0.15) is 0 Å². The van der Waals surface area contributed by atoms with E-state index in [-0.39, 0.29) is 5.91 Å². The molecule has 7 nitrogen and oxygen atoms in total. The van der Waals surface area contributed by atoms with E-state index in [4.69, 9.17) is 12.2 Å². The molecule has 0 aliphatic carbocycles. The number of anilines is 1. The van der Waals surface area contributed by atoms with Crippen LogP contribution in [-0.2, 0) is 11.2 Å². The Labute approximate surface area is 136 Å². The van der Waals surface area contributed by atoms with Crippen molar-refractivity contribution < 1.29 is 9.59 Å². The highest BCUT2D eigenvalue weighted by molar-refractivity contribution is 7.73. The molecule has 0 spiro atoms. The number of carbonyl (C=O) groups excluding carboxylic acids is 2. The Kier molecular flexibility index (Phi) is 5.61. The highest BCUT2D eigenvalue weighted by atomic mass is 32.1. The second-order valence-corrected chi connectivity index (χ2v) is 6.09. The van der Waals surface area contributed by atoms with E-state index in [9.17, 15) is 9.59 Å². The number of urea groups is 1. The van der Waals surface area contributed by atoms with Gasteiger partial charge in [0.05, 0.1) is 0 Å². The molecule has 0 unspecified atom stereocenters. The summed E-state index contributed by atoms with van der Waals surface area (Å²) in [6.07, 6.45) is 0.927. The largest absolute Gasteiger partial charge is 0.339 e. The van der Waals surface area contributed by atoms with Gasteiger partial charge in [-0.15, -0.1) is 5.10 Å². The van der Waals surface area contributed by atoms with E-state index in [0.29, 0.717) is 21.9 Å². The number of amides is 3. The third kappa shape index (κ3) is 4.93. The molecule has 0 aliphatic heterocycles. The van der Waals surface area contributed by atoms with Crippen molar-refractivity contribution in [2.45, 2.75) is 12.8 Å². The van der Waals surface area contributed by atoms with Crippen molar-refractivity contribution in [1.29, 1.82) is 0 Å². The molecule has 0 saturated carbocycles. The molecular weight excluding hydrogens is 322 g/mol. The van der Waals surface area contributed by atoms with Crippen LogP contribution in [-0.4, -0.2) is 34.2 Å². The van der Waals surface area contributed by atoms with E-state index in [0.717, 1.165) is 21.9 Å². The van der Waals surface area contributed by atoms with Crippen molar-refractivity contribution in [1.82, 2.24) is 20.6 Å². The van der Waals surface area contributed by atoms with Gasteiger partial charge < -0.3 is 0 Å². The number of hydrazine groups is 1. The Morgan fingerprint density at radius 2 is 2.09 bits per heavy atom. The monoisotopic (exact) mass is 337 g/mol. The molecule has 3 N–H and O–H groups in total. The summed E-state index contributed by atoms with van der Waals surface area (Å²) in [5, 5.41) is 10.3. The van der Waals surface area contributed by atoms with Crippen molar-refractivity contribution >= 4 is 40.6 Å². The average Bonchev–Trinajstić information content (AvgIpc) is 2.90. The van der Waals surface area contributed by atoms with Gasteiger partial charge in [0, 0.05) is 13.5 Å². The highest BCUT2D eigenvalue weighted by Crippen LogP contribution is 2.10. The summed E-state index contributed by atoms with van der Waals surface area (Å²) in [5.74, 6) is -0.186. The van der Waals surface area contributed by atoms with Crippen LogP contribution in [0.1, 0.15) is 12.0 Å². The molecule has 2 aromatic rings. The highest BCUT2D eigenvalue weighted by Gasteiger charge is 2.12. The first kappa shape index (κ1) is 16.1. The molecule has 0 bridgehead atoms. The SMILES string of the molecule is CN(NC(=O)Nc1n[nH]c(=S)s1)C(=O)CCc1ccccc1. The lowest BCUT2D eigenvalue weighted by Gasteiger charge is -2.18. The summed E-state index contributed by atoms with van der Waals surface area (Å²) in [6.45, 7) is 0. The molecule has 0 radical (unpaired) electrons. The summed E-state index contributed by atoms with van der Waals surface area (Å²) in [5.41, 5.74) is 3.50. The fourth-order valence-electron chi connectivity index (χ4n) is 1.69. The quantitative estimate of drug-likeness (QED) is 0.590. The molecule has 3 amide bonds. The van der Waals surface area contributed by atoms with Crippen molar-refractivity contribution in [3.63, 3.8) is 0 Å². The lowest BCUT2D eigenvalue weighted by Crippen LogP contribution is -2.45. The first-order valence-corrected chi connectivity index (χ1v) is 7.70. The number of carbonyl (C=O) groups is 2. The van der Waals surface area contributed by atoms with E-state index < -0.39 is 6.03 Å². The smallest absolute Gasteiger partial charge is 0.281 e. The van der Waals surface area contributed by atoms with Crippen LogP contribution < -0.4 is 10.7 Å². The molecule has 0 saturated heterocycles. The number of aryl methyl sites for hydroxylation is 1. The van der Waals surface area contributed by atoms with Crippen LogP contribution in [0.25, 0.3) is 0 Å². The fourth-order valence-corrected chi connectivity index (χ4v) is 2.47. The third-order valence-electron chi connectivity index (χ3n) is 2.77. The summed E-state index contributed by atoms with van der Waals surface area (Å²) in [6, 6.07) is 9.14. The van der Waals surface area contributed by atoms with Crippen molar-refractivity contribution in [3.8, 4) is 0 Å². The van der Waals surface area contributed by atoms with E-state index in [1.165, 1.54) is 7.05 Å². The molecule has 2 rings (SSSR count). The van der Waals surface area contributed by atoms with Crippen LogP contribution in [0.15, 0.2) is 30.3 Å². The number of hydrogen-bond donors (Lipinski definition) is 3. The third-order valence-corrected chi connectivity index (χ3v) is 3.78. The molecule has 9 heteroatoms. The van der Waals surface area contributed by atoms with Crippen LogP contribution in [0.5, 0.6) is 0 Å². The van der Waals surface area contributed by atoms with E-state index in [1.807, 2.05) is 30.3 Å². The van der Waals surface area contributed by atoms with Gasteiger partial charge in [0.2, 0.25) is 11.0 Å². The average molecular weight is 337 g/mol. The van der Waals surface area contributed by atoms with Gasteiger partial charge in [-0.1, -0.05) is 41.7 Å². The van der Waals surface area contributed by atoms with Crippen LogP contribution >= 0.6 is 23.6 Å². The maximum absolute atomic E-state index is 12.0. The number of aromatic nitrogens is 2. The summed E-state index contributed by atoms with van der Waals surface area (Å²) >= 11 is 5.99. The molecular formula is C13H15N5O2S2. The minimum Gasteiger partial charge on any atom is -0.281 e. The van der Waals surface area contributed by atoms with E-state index in [2.05, 4.69) is 20.9 Å². The fraction of sp³-hybridized carbons (Fsp3) is 0.231. The number of nitrogens with one attached hydrogen (secondary N) is 3. The predicted molar refractivity (Wildman–Crippen MR) is 87.0 cm³/mol. The summed E-state index contributed by atoms with van der Waals surface area (Å²) < 4.78 is 0.461. The Morgan fingerprint density at radius 1 is 1.36 bits per heavy atom. The standard InChI is InChI=1S/C13H15N5O2S2/c1-18(10(19)8-7-9-5-3-2-4-6-9)17-11(20)14-12-15-16-13(21)22-12/h2-6H,7-8H2,1H3,(H,16,21)(H2,14,15,17,20).